The predicted octanol–water partition coefficient (Wildman–Crippen LogP) is 8.67. The van der Waals surface area contributed by atoms with Crippen LogP contribution in [-0.2, 0) is 0 Å². The first-order chi connectivity index (χ1) is 13.9. The van der Waals surface area contributed by atoms with Crippen molar-refractivity contribution in [1.82, 2.24) is 0 Å². The highest BCUT2D eigenvalue weighted by molar-refractivity contribution is 5.81. The third-order valence-corrected chi connectivity index (χ3v) is 7.21. The van der Waals surface area contributed by atoms with E-state index in [0.717, 1.165) is 0 Å². The van der Waals surface area contributed by atoms with Gasteiger partial charge in [-0.2, -0.15) is 0 Å². The van der Waals surface area contributed by atoms with Crippen molar-refractivity contribution < 1.29 is 0 Å². The van der Waals surface area contributed by atoms with E-state index in [1.54, 1.807) is 11.1 Å². The molecular weight excluding hydrogens is 348 g/mol. The quantitative estimate of drug-likeness (QED) is 0.485. The molecule has 0 bridgehead atoms. The molecule has 0 aromatic heterocycles. The minimum absolute atomic E-state index is 0.557. The number of hydrogen-bond donors (Lipinski definition) is 0. The molecule has 2 aliphatic carbocycles. The Kier molecular flexibility index (Phi) is 5.38. The van der Waals surface area contributed by atoms with E-state index in [1.807, 2.05) is 0 Å². The predicted molar refractivity (Wildman–Crippen MR) is 127 cm³/mol. The average molecular weight is 383 g/mol. The van der Waals surface area contributed by atoms with Crippen molar-refractivity contribution in [2.75, 3.05) is 0 Å². The summed E-state index contributed by atoms with van der Waals surface area (Å²) in [6.07, 6.45) is 7.29. The maximum absolute atomic E-state index is 2.44. The van der Waals surface area contributed by atoms with Crippen molar-refractivity contribution in [3.63, 3.8) is 0 Å². The SMILES string of the molecule is CC1=CC(C)=C(C)C1CCC1C(C)=Cc2c(-c3ccc(C(C)C)cc3)cccc21. The molecular formula is C29H34. The summed E-state index contributed by atoms with van der Waals surface area (Å²) in [4.78, 5) is 0. The molecule has 0 fully saturated rings. The zero-order valence-electron chi connectivity index (χ0n) is 18.8. The van der Waals surface area contributed by atoms with Crippen LogP contribution in [0.3, 0.4) is 0 Å². The summed E-state index contributed by atoms with van der Waals surface area (Å²) in [7, 11) is 0. The van der Waals surface area contributed by atoms with Gasteiger partial charge in [0.15, 0.2) is 0 Å². The Morgan fingerprint density at radius 2 is 1.41 bits per heavy atom. The minimum Gasteiger partial charge on any atom is -0.0659 e. The van der Waals surface area contributed by atoms with Gasteiger partial charge < -0.3 is 0 Å². The Balaban J connectivity index is 1.59. The van der Waals surface area contributed by atoms with Crippen LogP contribution in [0.1, 0.15) is 82.9 Å². The maximum atomic E-state index is 2.44. The Labute approximate surface area is 177 Å². The molecule has 2 unspecified atom stereocenters. The van der Waals surface area contributed by atoms with Gasteiger partial charge in [0.2, 0.25) is 0 Å². The number of allylic oxidation sites excluding steroid dienone is 5. The minimum atomic E-state index is 0.557. The monoisotopic (exact) mass is 382 g/mol. The molecule has 0 saturated carbocycles. The van der Waals surface area contributed by atoms with Crippen LogP contribution in [0.15, 0.2) is 70.8 Å². The lowest BCUT2D eigenvalue weighted by Crippen LogP contribution is -2.05. The molecule has 2 aromatic rings. The first kappa shape index (κ1) is 20.0. The van der Waals surface area contributed by atoms with Crippen molar-refractivity contribution in [2.45, 2.75) is 66.2 Å². The van der Waals surface area contributed by atoms with E-state index in [1.165, 1.54) is 51.8 Å². The summed E-state index contributed by atoms with van der Waals surface area (Å²) in [6, 6.07) is 16.1. The van der Waals surface area contributed by atoms with E-state index in [0.29, 0.717) is 17.8 Å². The summed E-state index contributed by atoms with van der Waals surface area (Å²) in [5.74, 6) is 1.77. The molecule has 0 spiro atoms. The first-order valence-electron chi connectivity index (χ1n) is 11.1. The van der Waals surface area contributed by atoms with Gasteiger partial charge in [0.05, 0.1) is 0 Å². The zero-order valence-corrected chi connectivity index (χ0v) is 18.8. The van der Waals surface area contributed by atoms with Crippen LogP contribution in [0.4, 0.5) is 0 Å². The average Bonchev–Trinajstić information content (AvgIpc) is 3.15. The lowest BCUT2D eigenvalue weighted by Gasteiger charge is -2.20. The Bertz CT molecular complexity index is 1010. The van der Waals surface area contributed by atoms with E-state index in [9.17, 15) is 0 Å². The maximum Gasteiger partial charge on any atom is 0.00552 e. The summed E-state index contributed by atoms with van der Waals surface area (Å²) in [5, 5.41) is 0. The van der Waals surface area contributed by atoms with Crippen LogP contribution in [0, 0.1) is 5.92 Å². The number of hydrogen-bond acceptors (Lipinski definition) is 0. The van der Waals surface area contributed by atoms with Gasteiger partial charge in [0.1, 0.15) is 0 Å². The molecule has 2 atom stereocenters. The Morgan fingerprint density at radius 1 is 0.759 bits per heavy atom. The summed E-state index contributed by atoms with van der Waals surface area (Å²) >= 11 is 0. The van der Waals surface area contributed by atoms with Crippen LogP contribution >= 0.6 is 0 Å². The number of benzene rings is 2. The Hall–Kier alpha value is -2.34. The molecule has 150 valence electrons. The van der Waals surface area contributed by atoms with Gasteiger partial charge >= 0.3 is 0 Å². The fourth-order valence-corrected chi connectivity index (χ4v) is 5.25. The van der Waals surface area contributed by atoms with Crippen LogP contribution in [0.5, 0.6) is 0 Å². The van der Waals surface area contributed by atoms with Gasteiger partial charge in [0.25, 0.3) is 0 Å². The highest BCUT2D eigenvalue weighted by Crippen LogP contribution is 2.45. The molecule has 0 nitrogen and oxygen atoms in total. The third kappa shape index (κ3) is 3.66. The second-order valence-corrected chi connectivity index (χ2v) is 9.41. The van der Waals surface area contributed by atoms with E-state index < -0.39 is 0 Å². The van der Waals surface area contributed by atoms with Gasteiger partial charge in [-0.05, 0) is 74.3 Å². The zero-order chi connectivity index (χ0) is 20.7. The molecule has 0 aliphatic heterocycles. The highest BCUT2D eigenvalue weighted by Gasteiger charge is 2.27. The van der Waals surface area contributed by atoms with E-state index in [-0.39, 0.29) is 0 Å². The van der Waals surface area contributed by atoms with Crippen LogP contribution in [-0.4, -0.2) is 0 Å². The lowest BCUT2D eigenvalue weighted by molar-refractivity contribution is 0.571. The largest absolute Gasteiger partial charge is 0.0659 e. The number of rotatable bonds is 5. The van der Waals surface area contributed by atoms with Crippen molar-refractivity contribution in [1.29, 1.82) is 0 Å². The van der Waals surface area contributed by atoms with Crippen LogP contribution in [0.25, 0.3) is 17.2 Å². The second kappa shape index (κ2) is 7.82. The van der Waals surface area contributed by atoms with Gasteiger partial charge in [-0.3, -0.25) is 0 Å². The highest BCUT2D eigenvalue weighted by atomic mass is 14.3. The summed E-state index contributed by atoms with van der Waals surface area (Å²) < 4.78 is 0. The topological polar surface area (TPSA) is 0 Å². The normalized spacial score (nSPS) is 20.9. The van der Waals surface area contributed by atoms with Crippen LogP contribution in [0.2, 0.25) is 0 Å². The van der Waals surface area contributed by atoms with Crippen LogP contribution < -0.4 is 0 Å². The second-order valence-electron chi connectivity index (χ2n) is 9.41. The van der Waals surface area contributed by atoms with Crippen molar-refractivity contribution >= 4 is 6.08 Å². The van der Waals surface area contributed by atoms with E-state index >= 15 is 0 Å². The first-order valence-corrected chi connectivity index (χ1v) is 11.1. The molecule has 2 aliphatic rings. The number of fused-ring (bicyclic) bond motifs is 1. The molecule has 0 heterocycles. The fourth-order valence-electron chi connectivity index (χ4n) is 5.25. The van der Waals surface area contributed by atoms with Gasteiger partial charge in [-0.1, -0.05) is 90.8 Å². The van der Waals surface area contributed by atoms with Crippen molar-refractivity contribution in [2.24, 2.45) is 5.92 Å². The van der Waals surface area contributed by atoms with Gasteiger partial charge in [0, 0.05) is 11.8 Å². The molecule has 0 amide bonds. The Morgan fingerprint density at radius 3 is 2.03 bits per heavy atom. The van der Waals surface area contributed by atoms with Gasteiger partial charge in [-0.15, -0.1) is 0 Å². The van der Waals surface area contributed by atoms with E-state index in [2.05, 4.69) is 96.2 Å². The molecule has 4 rings (SSSR count). The third-order valence-electron chi connectivity index (χ3n) is 7.21. The van der Waals surface area contributed by atoms with Gasteiger partial charge in [-0.25, -0.2) is 0 Å². The molecule has 0 heteroatoms. The molecule has 0 saturated heterocycles. The standard InChI is InChI=1S/C29H34/c1-18(2)23-10-12-24(13-11-23)27-8-7-9-28-26(21(5)17-29(27)28)15-14-25-20(4)16-19(3)22(25)6/h7-13,16-18,25-26H,14-15H2,1-6H3. The van der Waals surface area contributed by atoms with Crippen molar-refractivity contribution in [3.8, 4) is 11.1 Å². The smallest absolute Gasteiger partial charge is 0.00552 e. The lowest BCUT2D eigenvalue weighted by atomic mass is 9.84. The molecule has 29 heavy (non-hydrogen) atoms. The summed E-state index contributed by atoms with van der Waals surface area (Å²) in [5.41, 5.74) is 13.2. The summed E-state index contributed by atoms with van der Waals surface area (Å²) in [6.45, 7) is 13.7. The molecule has 0 radical (unpaired) electrons. The molecule has 2 aromatic carbocycles. The molecule has 0 N–H and O–H groups in total. The van der Waals surface area contributed by atoms with E-state index in [4.69, 9.17) is 0 Å². The fraction of sp³-hybridized carbons (Fsp3) is 0.379. The van der Waals surface area contributed by atoms with Crippen molar-refractivity contribution in [3.05, 3.63) is 87.5 Å².